The molecule has 1 aromatic heterocycles. The lowest BCUT2D eigenvalue weighted by atomic mass is 10.1. The highest BCUT2D eigenvalue weighted by molar-refractivity contribution is 5.44. The van der Waals surface area contributed by atoms with Gasteiger partial charge in [0.2, 0.25) is 0 Å². The maximum absolute atomic E-state index is 6.07. The summed E-state index contributed by atoms with van der Waals surface area (Å²) in [5.74, 6) is 1.67. The lowest BCUT2D eigenvalue weighted by Gasteiger charge is -2.15. The number of hydrogen-bond acceptors (Lipinski definition) is 3. The van der Waals surface area contributed by atoms with Gasteiger partial charge in [-0.2, -0.15) is 0 Å². The second kappa shape index (κ2) is 5.85. The van der Waals surface area contributed by atoms with Crippen LogP contribution >= 0.6 is 0 Å². The third-order valence-corrected chi connectivity index (χ3v) is 3.13. The SMILES string of the molecule is CCc1nc(C)ccc1Oc1c(C)cccc1CN. The molecule has 3 heteroatoms. The fraction of sp³-hybridized carbons (Fsp3) is 0.312. The summed E-state index contributed by atoms with van der Waals surface area (Å²) in [6, 6.07) is 9.97. The molecule has 0 aliphatic carbocycles. The Morgan fingerprint density at radius 1 is 1.16 bits per heavy atom. The van der Waals surface area contributed by atoms with Gasteiger partial charge in [-0.1, -0.05) is 25.1 Å². The quantitative estimate of drug-likeness (QED) is 0.910. The number of para-hydroxylation sites is 1. The van der Waals surface area contributed by atoms with E-state index in [4.69, 9.17) is 10.5 Å². The van der Waals surface area contributed by atoms with Crippen molar-refractivity contribution in [3.05, 3.63) is 52.8 Å². The molecule has 1 aromatic carbocycles. The molecule has 1 heterocycles. The second-order valence-electron chi connectivity index (χ2n) is 4.62. The predicted molar refractivity (Wildman–Crippen MR) is 77.5 cm³/mol. The van der Waals surface area contributed by atoms with Crippen molar-refractivity contribution in [1.82, 2.24) is 4.98 Å². The topological polar surface area (TPSA) is 48.1 Å². The highest BCUT2D eigenvalue weighted by Gasteiger charge is 2.10. The molecule has 0 saturated heterocycles. The summed E-state index contributed by atoms with van der Waals surface area (Å²) in [6.45, 7) is 6.57. The van der Waals surface area contributed by atoms with Crippen molar-refractivity contribution in [2.75, 3.05) is 0 Å². The summed E-state index contributed by atoms with van der Waals surface area (Å²) in [4.78, 5) is 4.52. The van der Waals surface area contributed by atoms with Crippen molar-refractivity contribution >= 4 is 0 Å². The van der Waals surface area contributed by atoms with Crippen molar-refractivity contribution < 1.29 is 4.74 Å². The zero-order valence-corrected chi connectivity index (χ0v) is 11.7. The van der Waals surface area contributed by atoms with E-state index in [1.54, 1.807) is 0 Å². The van der Waals surface area contributed by atoms with E-state index in [1.165, 1.54) is 0 Å². The van der Waals surface area contributed by atoms with Gasteiger partial charge in [0, 0.05) is 17.8 Å². The first-order valence-corrected chi connectivity index (χ1v) is 6.58. The lowest BCUT2D eigenvalue weighted by molar-refractivity contribution is 0.463. The van der Waals surface area contributed by atoms with Gasteiger partial charge >= 0.3 is 0 Å². The van der Waals surface area contributed by atoms with Gasteiger partial charge in [-0.3, -0.25) is 4.98 Å². The normalized spacial score (nSPS) is 10.5. The minimum Gasteiger partial charge on any atom is -0.455 e. The molecule has 0 spiro atoms. The average Bonchev–Trinajstić information content (AvgIpc) is 2.42. The van der Waals surface area contributed by atoms with E-state index in [1.807, 2.05) is 44.2 Å². The van der Waals surface area contributed by atoms with Crippen LogP contribution in [-0.2, 0) is 13.0 Å². The number of aromatic nitrogens is 1. The number of benzene rings is 1. The Balaban J connectivity index is 2.41. The molecule has 0 fully saturated rings. The molecule has 2 N–H and O–H groups in total. The highest BCUT2D eigenvalue weighted by atomic mass is 16.5. The van der Waals surface area contributed by atoms with Crippen LogP contribution in [0.1, 0.15) is 29.4 Å². The van der Waals surface area contributed by atoms with Gasteiger partial charge in [0.25, 0.3) is 0 Å². The van der Waals surface area contributed by atoms with E-state index in [-0.39, 0.29) is 0 Å². The van der Waals surface area contributed by atoms with E-state index in [0.29, 0.717) is 6.54 Å². The van der Waals surface area contributed by atoms with E-state index in [9.17, 15) is 0 Å². The Hall–Kier alpha value is -1.87. The molecule has 0 atom stereocenters. The molecule has 3 nitrogen and oxygen atoms in total. The molecule has 0 aliphatic heterocycles. The minimum absolute atomic E-state index is 0.470. The first kappa shape index (κ1) is 13.6. The van der Waals surface area contributed by atoms with Gasteiger partial charge in [-0.25, -0.2) is 0 Å². The van der Waals surface area contributed by atoms with E-state index < -0.39 is 0 Å². The molecule has 0 bridgehead atoms. The molecule has 100 valence electrons. The van der Waals surface area contributed by atoms with Crippen LogP contribution < -0.4 is 10.5 Å². The summed E-state index contributed by atoms with van der Waals surface area (Å²) in [5, 5.41) is 0. The fourth-order valence-electron chi connectivity index (χ4n) is 2.07. The molecular formula is C16H20N2O. The maximum Gasteiger partial charge on any atom is 0.148 e. The number of pyridine rings is 1. The van der Waals surface area contributed by atoms with Crippen LogP contribution in [0.15, 0.2) is 30.3 Å². The third-order valence-electron chi connectivity index (χ3n) is 3.13. The smallest absolute Gasteiger partial charge is 0.148 e. The molecule has 0 radical (unpaired) electrons. The Morgan fingerprint density at radius 2 is 1.95 bits per heavy atom. The summed E-state index contributed by atoms with van der Waals surface area (Å²) in [5.41, 5.74) is 9.86. The number of rotatable bonds is 4. The van der Waals surface area contributed by atoms with Crippen LogP contribution in [0.25, 0.3) is 0 Å². The van der Waals surface area contributed by atoms with Crippen LogP contribution in [0.2, 0.25) is 0 Å². The van der Waals surface area contributed by atoms with Crippen molar-refractivity contribution in [2.24, 2.45) is 5.73 Å². The molecular weight excluding hydrogens is 236 g/mol. The highest BCUT2D eigenvalue weighted by Crippen LogP contribution is 2.30. The van der Waals surface area contributed by atoms with Crippen LogP contribution in [-0.4, -0.2) is 4.98 Å². The molecule has 2 aromatic rings. The Bertz CT molecular complexity index is 579. The van der Waals surface area contributed by atoms with Gasteiger partial charge in [0.15, 0.2) is 0 Å². The van der Waals surface area contributed by atoms with E-state index >= 15 is 0 Å². The first-order valence-electron chi connectivity index (χ1n) is 6.58. The second-order valence-corrected chi connectivity index (χ2v) is 4.62. The van der Waals surface area contributed by atoms with Crippen LogP contribution in [0, 0.1) is 13.8 Å². The molecule has 2 rings (SSSR count). The minimum atomic E-state index is 0.470. The van der Waals surface area contributed by atoms with Crippen LogP contribution in [0.5, 0.6) is 11.5 Å². The van der Waals surface area contributed by atoms with Crippen molar-refractivity contribution in [2.45, 2.75) is 33.7 Å². The Morgan fingerprint density at radius 3 is 2.63 bits per heavy atom. The summed E-state index contributed by atoms with van der Waals surface area (Å²) < 4.78 is 6.07. The standard InChI is InChI=1S/C16H20N2O/c1-4-14-15(9-8-12(3)18-14)19-16-11(2)6-5-7-13(16)10-17/h5-9H,4,10,17H2,1-3H3. The molecule has 0 saturated carbocycles. The predicted octanol–water partition coefficient (Wildman–Crippen LogP) is 3.51. The fourth-order valence-corrected chi connectivity index (χ4v) is 2.07. The number of hydrogen-bond donors (Lipinski definition) is 1. The van der Waals surface area contributed by atoms with E-state index in [0.717, 1.165) is 40.4 Å². The van der Waals surface area contributed by atoms with E-state index in [2.05, 4.69) is 11.9 Å². The van der Waals surface area contributed by atoms with Gasteiger partial charge in [-0.05, 0) is 38.0 Å². The molecule has 0 aliphatic rings. The zero-order valence-electron chi connectivity index (χ0n) is 11.7. The maximum atomic E-state index is 6.07. The number of nitrogens with two attached hydrogens (primary N) is 1. The van der Waals surface area contributed by atoms with Crippen molar-refractivity contribution in [1.29, 1.82) is 0 Å². The Kier molecular flexibility index (Phi) is 4.17. The summed E-state index contributed by atoms with van der Waals surface area (Å²) in [6.07, 6.45) is 0.848. The summed E-state index contributed by atoms with van der Waals surface area (Å²) >= 11 is 0. The van der Waals surface area contributed by atoms with Gasteiger partial charge in [0.05, 0.1) is 5.69 Å². The monoisotopic (exact) mass is 256 g/mol. The molecule has 0 amide bonds. The first-order chi connectivity index (χ1) is 9.15. The number of ether oxygens (including phenoxy) is 1. The van der Waals surface area contributed by atoms with Crippen LogP contribution in [0.3, 0.4) is 0 Å². The Labute approximate surface area is 114 Å². The van der Waals surface area contributed by atoms with Gasteiger partial charge in [0.1, 0.15) is 11.5 Å². The van der Waals surface area contributed by atoms with Crippen molar-refractivity contribution in [3.63, 3.8) is 0 Å². The number of aryl methyl sites for hydroxylation is 3. The van der Waals surface area contributed by atoms with Gasteiger partial charge < -0.3 is 10.5 Å². The summed E-state index contributed by atoms with van der Waals surface area (Å²) in [7, 11) is 0. The lowest BCUT2D eigenvalue weighted by Crippen LogP contribution is -2.02. The number of nitrogens with zero attached hydrogens (tertiary/aromatic N) is 1. The van der Waals surface area contributed by atoms with Crippen LogP contribution in [0.4, 0.5) is 0 Å². The third kappa shape index (κ3) is 2.93. The average molecular weight is 256 g/mol. The largest absolute Gasteiger partial charge is 0.455 e. The van der Waals surface area contributed by atoms with Crippen molar-refractivity contribution in [3.8, 4) is 11.5 Å². The molecule has 19 heavy (non-hydrogen) atoms. The zero-order chi connectivity index (χ0) is 13.8. The molecule has 0 unspecified atom stereocenters. The van der Waals surface area contributed by atoms with Gasteiger partial charge in [-0.15, -0.1) is 0 Å².